The van der Waals surface area contributed by atoms with Crippen LogP contribution in [0.15, 0.2) is 40.6 Å². The molecule has 0 spiro atoms. The molecule has 1 unspecified atom stereocenters. The van der Waals surface area contributed by atoms with Gasteiger partial charge in [0, 0.05) is 17.2 Å². The zero-order valence-electron chi connectivity index (χ0n) is 15.7. The summed E-state index contributed by atoms with van der Waals surface area (Å²) in [6, 6.07) is 6.80. The number of ketones is 1. The van der Waals surface area contributed by atoms with E-state index in [0.717, 1.165) is 5.56 Å². The maximum atomic E-state index is 12.6. The molecule has 0 radical (unpaired) electrons. The first-order chi connectivity index (χ1) is 13.2. The van der Waals surface area contributed by atoms with Crippen molar-refractivity contribution in [3.8, 4) is 11.5 Å². The number of nitrogens with zero attached hydrogens (tertiary/aromatic N) is 2. The second kappa shape index (κ2) is 9.52. The maximum absolute atomic E-state index is 12.6. The Morgan fingerprint density at radius 3 is 2.36 bits per heavy atom. The lowest BCUT2D eigenvalue weighted by Gasteiger charge is -2.14. The van der Waals surface area contributed by atoms with Crippen molar-refractivity contribution in [2.45, 2.75) is 19.9 Å². The summed E-state index contributed by atoms with van der Waals surface area (Å²) in [6.07, 6.45) is 0. The zero-order valence-corrected chi connectivity index (χ0v) is 17.3. The molecule has 9 heteroatoms. The average molecular weight is 424 g/mol. The fourth-order valence-corrected chi connectivity index (χ4v) is 2.87. The molecule has 28 heavy (non-hydrogen) atoms. The fraction of sp³-hybridized carbons (Fsp3) is 0.263. The van der Waals surface area contributed by atoms with Crippen molar-refractivity contribution < 1.29 is 19.1 Å². The van der Waals surface area contributed by atoms with Gasteiger partial charge >= 0.3 is 0 Å². The molecule has 0 saturated heterocycles. The van der Waals surface area contributed by atoms with E-state index in [0.29, 0.717) is 22.2 Å². The summed E-state index contributed by atoms with van der Waals surface area (Å²) in [5, 5.41) is 11.1. The highest BCUT2D eigenvalue weighted by molar-refractivity contribution is 6.35. The summed E-state index contributed by atoms with van der Waals surface area (Å²) in [4.78, 5) is 24.5. The lowest BCUT2D eigenvalue weighted by atomic mass is 10.2. The van der Waals surface area contributed by atoms with Crippen LogP contribution in [-0.2, 0) is 9.59 Å². The number of ether oxygens (including phenoxy) is 2. The number of carbonyl (C=O) groups is 2. The first-order valence-electron chi connectivity index (χ1n) is 8.16. The minimum atomic E-state index is -1.35. The Labute approximate surface area is 172 Å². The van der Waals surface area contributed by atoms with Gasteiger partial charge in [0.2, 0.25) is 6.04 Å². The third-order valence-corrected chi connectivity index (χ3v) is 4.28. The second-order valence-corrected chi connectivity index (χ2v) is 6.71. The van der Waals surface area contributed by atoms with Gasteiger partial charge in [0.25, 0.3) is 5.91 Å². The number of hydrogen-bond acceptors (Lipinski definition) is 6. The molecular weight excluding hydrogens is 405 g/mol. The first kappa shape index (κ1) is 21.7. The van der Waals surface area contributed by atoms with Crippen LogP contribution in [0.4, 0.5) is 11.4 Å². The normalized spacial score (nSPS) is 11.9. The number of Topliss-reactive ketones (excluding diaryl/α,β-unsaturated/α-hetero) is 1. The number of benzene rings is 2. The Hall–Kier alpha value is -2.64. The molecule has 0 fully saturated rings. The topological polar surface area (TPSA) is 89.4 Å². The molecule has 0 aromatic heterocycles. The Kier molecular flexibility index (Phi) is 7.37. The predicted octanol–water partition coefficient (Wildman–Crippen LogP) is 5.00. The molecule has 0 heterocycles. The molecule has 0 aliphatic heterocycles. The monoisotopic (exact) mass is 423 g/mol. The molecule has 0 saturated carbocycles. The van der Waals surface area contributed by atoms with Crippen LogP contribution in [0.25, 0.3) is 0 Å². The van der Waals surface area contributed by atoms with Crippen LogP contribution in [-0.4, -0.2) is 32.0 Å². The minimum Gasteiger partial charge on any atom is -0.497 e. The molecule has 2 aromatic rings. The minimum absolute atomic E-state index is 0.168. The van der Waals surface area contributed by atoms with Crippen LogP contribution in [0.3, 0.4) is 0 Å². The highest BCUT2D eigenvalue weighted by atomic mass is 35.5. The van der Waals surface area contributed by atoms with Crippen molar-refractivity contribution in [3.05, 3.63) is 45.9 Å². The van der Waals surface area contributed by atoms with E-state index in [1.54, 1.807) is 24.3 Å². The predicted molar refractivity (Wildman–Crippen MR) is 108 cm³/mol. The summed E-state index contributed by atoms with van der Waals surface area (Å²) in [7, 11) is 2.90. The highest BCUT2D eigenvalue weighted by Gasteiger charge is 2.25. The van der Waals surface area contributed by atoms with E-state index in [2.05, 4.69) is 15.5 Å². The average Bonchev–Trinajstić information content (AvgIpc) is 2.62. The summed E-state index contributed by atoms with van der Waals surface area (Å²) < 4.78 is 10.3. The van der Waals surface area contributed by atoms with Gasteiger partial charge in [0.05, 0.1) is 25.6 Å². The van der Waals surface area contributed by atoms with Crippen LogP contribution >= 0.6 is 23.2 Å². The van der Waals surface area contributed by atoms with Gasteiger partial charge in [-0.3, -0.25) is 9.59 Å². The van der Waals surface area contributed by atoms with Crippen molar-refractivity contribution in [3.63, 3.8) is 0 Å². The number of anilines is 1. The quantitative estimate of drug-likeness (QED) is 0.501. The molecule has 0 aliphatic carbocycles. The lowest BCUT2D eigenvalue weighted by Crippen LogP contribution is -2.32. The van der Waals surface area contributed by atoms with Gasteiger partial charge in [-0.25, -0.2) is 0 Å². The van der Waals surface area contributed by atoms with Crippen molar-refractivity contribution >= 4 is 46.3 Å². The van der Waals surface area contributed by atoms with E-state index < -0.39 is 17.7 Å². The third-order valence-electron chi connectivity index (χ3n) is 3.68. The van der Waals surface area contributed by atoms with Gasteiger partial charge in [-0.2, -0.15) is 10.2 Å². The number of halogens is 2. The second-order valence-electron chi connectivity index (χ2n) is 5.90. The van der Waals surface area contributed by atoms with Crippen LogP contribution in [0.2, 0.25) is 10.0 Å². The number of hydrogen-bond donors (Lipinski definition) is 1. The molecule has 0 aliphatic rings. The number of aryl methyl sites for hydroxylation is 1. The Morgan fingerprint density at radius 2 is 1.79 bits per heavy atom. The van der Waals surface area contributed by atoms with E-state index >= 15 is 0 Å². The SMILES string of the molecule is COc1cc(NC(=O)C(N=Nc2cc(C)cc(Cl)c2)C(C)=O)c(Cl)c(OC)c1. The van der Waals surface area contributed by atoms with Gasteiger partial charge in [0.15, 0.2) is 5.78 Å². The number of methoxy groups -OCH3 is 2. The number of azo groups is 1. The van der Waals surface area contributed by atoms with Gasteiger partial charge in [-0.05, 0) is 37.6 Å². The highest BCUT2D eigenvalue weighted by Crippen LogP contribution is 2.36. The molecule has 1 N–H and O–H groups in total. The first-order valence-corrected chi connectivity index (χ1v) is 8.91. The van der Waals surface area contributed by atoms with Crippen molar-refractivity contribution in [1.82, 2.24) is 0 Å². The summed E-state index contributed by atoms with van der Waals surface area (Å²) >= 11 is 12.2. The van der Waals surface area contributed by atoms with Crippen LogP contribution in [0.1, 0.15) is 12.5 Å². The molecule has 1 atom stereocenters. The largest absolute Gasteiger partial charge is 0.497 e. The molecule has 7 nitrogen and oxygen atoms in total. The molecule has 2 rings (SSSR count). The standard InChI is InChI=1S/C19H19Cl2N3O4/c1-10-5-12(20)7-13(6-10)23-24-18(11(2)25)19(26)22-15-8-14(27-3)9-16(28-4)17(15)21/h5-9,18H,1-4H3,(H,22,26). The van der Waals surface area contributed by atoms with Crippen molar-refractivity contribution in [2.24, 2.45) is 10.2 Å². The third kappa shape index (κ3) is 5.43. The van der Waals surface area contributed by atoms with Gasteiger partial charge in [-0.15, -0.1) is 0 Å². The van der Waals surface area contributed by atoms with E-state index in [-0.39, 0.29) is 10.7 Å². The van der Waals surface area contributed by atoms with Gasteiger partial charge in [-0.1, -0.05) is 23.2 Å². The molecule has 0 bridgehead atoms. The Morgan fingerprint density at radius 1 is 1.07 bits per heavy atom. The van der Waals surface area contributed by atoms with Gasteiger partial charge < -0.3 is 14.8 Å². The van der Waals surface area contributed by atoms with E-state index in [1.807, 2.05) is 6.92 Å². The molecule has 2 aromatic carbocycles. The summed E-state index contributed by atoms with van der Waals surface area (Å²) in [5.74, 6) is -0.433. The molecule has 148 valence electrons. The van der Waals surface area contributed by atoms with Crippen molar-refractivity contribution in [1.29, 1.82) is 0 Å². The number of nitrogens with one attached hydrogen (secondary N) is 1. The van der Waals surface area contributed by atoms with Crippen LogP contribution < -0.4 is 14.8 Å². The van der Waals surface area contributed by atoms with Crippen LogP contribution in [0, 0.1) is 6.92 Å². The van der Waals surface area contributed by atoms with Gasteiger partial charge in [0.1, 0.15) is 16.5 Å². The number of carbonyl (C=O) groups excluding carboxylic acids is 2. The van der Waals surface area contributed by atoms with E-state index in [1.165, 1.54) is 27.2 Å². The lowest BCUT2D eigenvalue weighted by molar-refractivity contribution is -0.126. The number of amides is 1. The van der Waals surface area contributed by atoms with Crippen molar-refractivity contribution in [2.75, 3.05) is 19.5 Å². The maximum Gasteiger partial charge on any atom is 0.258 e. The summed E-state index contributed by atoms with van der Waals surface area (Å²) in [6.45, 7) is 3.10. The summed E-state index contributed by atoms with van der Waals surface area (Å²) in [5.41, 5.74) is 1.54. The fourth-order valence-electron chi connectivity index (χ4n) is 2.35. The molecule has 1 amide bonds. The zero-order chi connectivity index (χ0) is 20.8. The van der Waals surface area contributed by atoms with E-state index in [4.69, 9.17) is 32.7 Å². The smallest absolute Gasteiger partial charge is 0.258 e. The number of rotatable bonds is 7. The Bertz CT molecular complexity index is 911. The Balaban J connectivity index is 2.29. The van der Waals surface area contributed by atoms with E-state index in [9.17, 15) is 9.59 Å². The van der Waals surface area contributed by atoms with Crippen LogP contribution in [0.5, 0.6) is 11.5 Å². The molecular formula is C19H19Cl2N3O4.